The number of nitro benzene ring substituents is 1. The monoisotopic (exact) mass is 273 g/mol. The first-order valence-corrected chi connectivity index (χ1v) is 5.36. The van der Waals surface area contributed by atoms with Gasteiger partial charge in [-0.25, -0.2) is 0 Å². The molecule has 1 rings (SSSR count). The molecule has 0 aliphatic heterocycles. The minimum Gasteiger partial charge on any atom is -0.490 e. The summed E-state index contributed by atoms with van der Waals surface area (Å²) in [5, 5.41) is 10.6. The topological polar surface area (TPSA) is 121 Å². The third kappa shape index (κ3) is 3.31. The van der Waals surface area contributed by atoms with Crippen LogP contribution in [-0.2, 0) is 0 Å². The highest BCUT2D eigenvalue weighted by Gasteiger charge is 2.21. The van der Waals surface area contributed by atoms with Gasteiger partial charge in [0, 0.05) is 17.7 Å². The molecular weight excluding hydrogens is 262 g/mol. The first-order valence-electron chi connectivity index (χ1n) is 4.99. The summed E-state index contributed by atoms with van der Waals surface area (Å²) in [4.78, 5) is 21.1. The standard InChI is InChI=1S/C10H12ClN3O4/c1-5(12)4-18-8-3-6(10(13)15)2-7(9(8)11)14(16)17/h2-3,5H,4,12H2,1H3,(H2,13,15). The third-order valence-electron chi connectivity index (χ3n) is 2.00. The van der Waals surface area contributed by atoms with Crippen molar-refractivity contribution >= 4 is 23.2 Å². The minimum absolute atomic E-state index is 0.0111. The van der Waals surface area contributed by atoms with Gasteiger partial charge in [-0.05, 0) is 13.0 Å². The Labute approximate surface area is 108 Å². The number of benzene rings is 1. The summed E-state index contributed by atoms with van der Waals surface area (Å²) in [5.41, 5.74) is 10.1. The van der Waals surface area contributed by atoms with Gasteiger partial charge in [-0.1, -0.05) is 11.6 Å². The fourth-order valence-corrected chi connectivity index (χ4v) is 1.42. The third-order valence-corrected chi connectivity index (χ3v) is 2.38. The maximum Gasteiger partial charge on any atom is 0.292 e. The lowest BCUT2D eigenvalue weighted by Crippen LogP contribution is -2.24. The van der Waals surface area contributed by atoms with E-state index in [1.54, 1.807) is 6.92 Å². The molecule has 8 heteroatoms. The Bertz CT molecular complexity index is 490. The van der Waals surface area contributed by atoms with Crippen LogP contribution in [0.2, 0.25) is 5.02 Å². The number of carbonyl (C=O) groups is 1. The van der Waals surface area contributed by atoms with Gasteiger partial charge in [-0.2, -0.15) is 0 Å². The van der Waals surface area contributed by atoms with Crippen LogP contribution in [0.3, 0.4) is 0 Å². The Morgan fingerprint density at radius 1 is 1.61 bits per heavy atom. The fourth-order valence-electron chi connectivity index (χ4n) is 1.18. The molecule has 1 unspecified atom stereocenters. The molecule has 0 fully saturated rings. The van der Waals surface area contributed by atoms with Crippen LogP contribution in [0.1, 0.15) is 17.3 Å². The quantitative estimate of drug-likeness (QED) is 0.614. The van der Waals surface area contributed by atoms with Gasteiger partial charge in [0.05, 0.1) is 4.92 Å². The summed E-state index contributed by atoms with van der Waals surface area (Å²) in [6.07, 6.45) is 0. The van der Waals surface area contributed by atoms with Crippen molar-refractivity contribution in [3.8, 4) is 5.75 Å². The molecule has 0 bridgehead atoms. The molecule has 0 saturated heterocycles. The van der Waals surface area contributed by atoms with E-state index in [0.717, 1.165) is 6.07 Å². The first kappa shape index (κ1) is 14.2. The number of ether oxygens (including phenoxy) is 1. The summed E-state index contributed by atoms with van der Waals surface area (Å²) >= 11 is 5.80. The van der Waals surface area contributed by atoms with Gasteiger partial charge in [0.2, 0.25) is 5.91 Å². The Balaban J connectivity index is 3.22. The van der Waals surface area contributed by atoms with Crippen LogP contribution in [0.5, 0.6) is 5.75 Å². The van der Waals surface area contributed by atoms with Crippen LogP contribution in [0, 0.1) is 10.1 Å². The van der Waals surface area contributed by atoms with Gasteiger partial charge in [-0.3, -0.25) is 14.9 Å². The van der Waals surface area contributed by atoms with Crippen molar-refractivity contribution < 1.29 is 14.5 Å². The van der Waals surface area contributed by atoms with Crippen LogP contribution in [0.25, 0.3) is 0 Å². The van der Waals surface area contributed by atoms with Gasteiger partial charge in [0.15, 0.2) is 5.02 Å². The number of amides is 1. The van der Waals surface area contributed by atoms with Crippen LogP contribution in [-0.4, -0.2) is 23.5 Å². The molecule has 1 atom stereocenters. The smallest absolute Gasteiger partial charge is 0.292 e. The number of carbonyl (C=O) groups excluding carboxylic acids is 1. The Kier molecular flexibility index (Phi) is 4.46. The number of hydrogen-bond acceptors (Lipinski definition) is 5. The Morgan fingerprint density at radius 2 is 2.22 bits per heavy atom. The summed E-state index contributed by atoms with van der Waals surface area (Å²) in [6.45, 7) is 1.80. The zero-order chi connectivity index (χ0) is 13.9. The van der Waals surface area contributed by atoms with Crippen molar-refractivity contribution in [3.05, 3.63) is 32.8 Å². The minimum atomic E-state index is -0.805. The molecule has 1 aromatic carbocycles. The predicted molar refractivity (Wildman–Crippen MR) is 65.8 cm³/mol. The molecule has 98 valence electrons. The SMILES string of the molecule is CC(N)COc1cc(C(N)=O)cc([N+](=O)[O-])c1Cl. The van der Waals surface area contributed by atoms with Gasteiger partial charge in [-0.15, -0.1) is 0 Å². The molecule has 4 N–H and O–H groups in total. The molecular formula is C10H12ClN3O4. The molecule has 0 radical (unpaired) electrons. The van der Waals surface area contributed by atoms with Gasteiger partial charge in [0.1, 0.15) is 12.4 Å². The maximum atomic E-state index is 11.1. The van der Waals surface area contributed by atoms with E-state index in [2.05, 4.69) is 0 Å². The lowest BCUT2D eigenvalue weighted by molar-refractivity contribution is -0.384. The fraction of sp³-hybridized carbons (Fsp3) is 0.300. The average molecular weight is 274 g/mol. The zero-order valence-corrected chi connectivity index (χ0v) is 10.3. The van der Waals surface area contributed by atoms with Crippen LogP contribution in [0.4, 0.5) is 5.69 Å². The van der Waals surface area contributed by atoms with Crippen molar-refractivity contribution in [1.82, 2.24) is 0 Å². The van der Waals surface area contributed by atoms with E-state index in [4.69, 9.17) is 27.8 Å². The van der Waals surface area contributed by atoms with E-state index >= 15 is 0 Å². The van der Waals surface area contributed by atoms with Crippen LogP contribution < -0.4 is 16.2 Å². The molecule has 0 saturated carbocycles. The zero-order valence-electron chi connectivity index (χ0n) is 9.55. The van der Waals surface area contributed by atoms with E-state index < -0.39 is 16.5 Å². The Hall–Kier alpha value is -1.86. The molecule has 0 aromatic heterocycles. The van der Waals surface area contributed by atoms with Crippen molar-refractivity contribution in [1.29, 1.82) is 0 Å². The number of nitro groups is 1. The number of rotatable bonds is 5. The summed E-state index contributed by atoms with van der Waals surface area (Å²) in [6, 6.07) is 1.97. The molecule has 0 spiro atoms. The number of nitrogens with two attached hydrogens (primary N) is 2. The van der Waals surface area contributed by atoms with E-state index in [1.165, 1.54) is 6.07 Å². The van der Waals surface area contributed by atoms with E-state index in [-0.39, 0.29) is 29.0 Å². The molecule has 1 amide bonds. The summed E-state index contributed by atoms with van der Waals surface area (Å²) in [5.74, 6) is -0.794. The van der Waals surface area contributed by atoms with Gasteiger partial charge in [0.25, 0.3) is 5.69 Å². The first-order chi connectivity index (χ1) is 8.32. The van der Waals surface area contributed by atoms with Crippen molar-refractivity contribution in [3.63, 3.8) is 0 Å². The van der Waals surface area contributed by atoms with E-state index in [0.29, 0.717) is 0 Å². The molecule has 0 aliphatic carbocycles. The molecule has 0 aliphatic rings. The molecule has 18 heavy (non-hydrogen) atoms. The highest BCUT2D eigenvalue weighted by molar-refractivity contribution is 6.34. The van der Waals surface area contributed by atoms with E-state index in [1.807, 2.05) is 0 Å². The van der Waals surface area contributed by atoms with Crippen molar-refractivity contribution in [2.24, 2.45) is 11.5 Å². The molecule has 0 heterocycles. The maximum absolute atomic E-state index is 11.1. The van der Waals surface area contributed by atoms with Crippen molar-refractivity contribution in [2.45, 2.75) is 13.0 Å². The average Bonchev–Trinajstić information content (AvgIpc) is 2.26. The highest BCUT2D eigenvalue weighted by Crippen LogP contribution is 2.35. The molecule has 7 nitrogen and oxygen atoms in total. The second-order valence-electron chi connectivity index (χ2n) is 3.72. The Morgan fingerprint density at radius 3 is 2.67 bits per heavy atom. The highest BCUT2D eigenvalue weighted by atomic mass is 35.5. The second-order valence-corrected chi connectivity index (χ2v) is 4.10. The number of halogens is 1. The normalized spacial score (nSPS) is 11.9. The van der Waals surface area contributed by atoms with Gasteiger partial charge >= 0.3 is 0 Å². The summed E-state index contributed by atoms with van der Waals surface area (Å²) < 4.78 is 5.21. The summed E-state index contributed by atoms with van der Waals surface area (Å²) in [7, 11) is 0. The molecule has 1 aromatic rings. The lowest BCUT2D eigenvalue weighted by Gasteiger charge is -2.11. The van der Waals surface area contributed by atoms with Gasteiger partial charge < -0.3 is 16.2 Å². The van der Waals surface area contributed by atoms with Crippen LogP contribution in [0.15, 0.2) is 12.1 Å². The van der Waals surface area contributed by atoms with Crippen molar-refractivity contribution in [2.75, 3.05) is 6.61 Å². The van der Waals surface area contributed by atoms with Crippen LogP contribution >= 0.6 is 11.6 Å². The number of hydrogen-bond donors (Lipinski definition) is 2. The largest absolute Gasteiger partial charge is 0.490 e. The second kappa shape index (κ2) is 5.65. The number of nitrogens with zero attached hydrogens (tertiary/aromatic N) is 1. The van der Waals surface area contributed by atoms with E-state index in [9.17, 15) is 14.9 Å². The number of primary amides is 1. The predicted octanol–water partition coefficient (Wildman–Crippen LogP) is 1.07. The lowest BCUT2D eigenvalue weighted by atomic mass is 10.2.